The van der Waals surface area contributed by atoms with Crippen molar-refractivity contribution in [2.24, 2.45) is 5.92 Å². The minimum atomic E-state index is -4.46. The molecule has 1 aliphatic carbocycles. The summed E-state index contributed by atoms with van der Waals surface area (Å²) in [5, 5.41) is 2.92. The van der Waals surface area contributed by atoms with Gasteiger partial charge in [0, 0.05) is 38.9 Å². The second-order valence-electron chi connectivity index (χ2n) is 6.54. The van der Waals surface area contributed by atoms with Crippen molar-refractivity contribution in [2.45, 2.75) is 19.0 Å². The van der Waals surface area contributed by atoms with Gasteiger partial charge in [-0.05, 0) is 24.8 Å². The van der Waals surface area contributed by atoms with Crippen LogP contribution >= 0.6 is 11.6 Å². The molecule has 1 aromatic rings. The lowest BCUT2D eigenvalue weighted by Crippen LogP contribution is -2.50. The van der Waals surface area contributed by atoms with Crippen LogP contribution in [0.5, 0.6) is 0 Å². The summed E-state index contributed by atoms with van der Waals surface area (Å²) in [6.07, 6.45) is -1.26. The molecule has 2 aliphatic rings. The summed E-state index contributed by atoms with van der Waals surface area (Å²) < 4.78 is 38.0. The van der Waals surface area contributed by atoms with Gasteiger partial charge in [0.1, 0.15) is 5.82 Å². The van der Waals surface area contributed by atoms with Gasteiger partial charge in [-0.15, -0.1) is 0 Å². The van der Waals surface area contributed by atoms with E-state index in [2.05, 4.69) is 10.3 Å². The van der Waals surface area contributed by atoms with E-state index in [0.29, 0.717) is 44.5 Å². The number of rotatable bonds is 5. The van der Waals surface area contributed by atoms with Gasteiger partial charge in [-0.2, -0.15) is 13.2 Å². The molecule has 1 saturated heterocycles. The Morgan fingerprint density at radius 1 is 1.28 bits per heavy atom. The minimum absolute atomic E-state index is 0.00884. The Hall–Kier alpha value is -1.54. The Morgan fingerprint density at radius 3 is 2.52 bits per heavy atom. The normalized spacial score (nSPS) is 19.1. The van der Waals surface area contributed by atoms with E-state index in [-0.39, 0.29) is 10.9 Å². The maximum Gasteiger partial charge on any atom is 0.417 e. The van der Waals surface area contributed by atoms with Crippen molar-refractivity contribution >= 4 is 23.3 Å². The van der Waals surface area contributed by atoms with Crippen LogP contribution < -0.4 is 10.2 Å². The predicted molar refractivity (Wildman–Crippen MR) is 88.6 cm³/mol. The second kappa shape index (κ2) is 7.37. The van der Waals surface area contributed by atoms with Gasteiger partial charge in [-0.3, -0.25) is 9.69 Å². The number of aromatic nitrogens is 1. The third-order valence-corrected chi connectivity index (χ3v) is 4.75. The zero-order chi connectivity index (χ0) is 18.0. The molecule has 1 aliphatic heterocycles. The van der Waals surface area contributed by atoms with Gasteiger partial charge < -0.3 is 10.2 Å². The molecule has 9 heteroatoms. The first kappa shape index (κ1) is 18.3. The molecule has 1 aromatic heterocycles. The second-order valence-corrected chi connectivity index (χ2v) is 6.95. The van der Waals surface area contributed by atoms with Crippen LogP contribution in [0, 0.1) is 5.92 Å². The van der Waals surface area contributed by atoms with Crippen LogP contribution in [0.4, 0.5) is 19.0 Å². The molecule has 3 rings (SSSR count). The number of nitrogens with zero attached hydrogens (tertiary/aromatic N) is 3. The van der Waals surface area contributed by atoms with Crippen LogP contribution in [0.25, 0.3) is 0 Å². The molecule has 0 bridgehead atoms. The molecular weight excluding hydrogens is 357 g/mol. The average molecular weight is 377 g/mol. The zero-order valence-electron chi connectivity index (χ0n) is 13.7. The Bertz CT molecular complexity index is 628. The van der Waals surface area contributed by atoms with Crippen LogP contribution in [-0.2, 0) is 11.0 Å². The fourth-order valence-electron chi connectivity index (χ4n) is 2.78. The largest absolute Gasteiger partial charge is 0.417 e. The van der Waals surface area contributed by atoms with Crippen molar-refractivity contribution in [3.05, 3.63) is 22.8 Å². The smallest absolute Gasteiger partial charge is 0.355 e. The maximum atomic E-state index is 12.7. The molecule has 0 unspecified atom stereocenters. The van der Waals surface area contributed by atoms with Gasteiger partial charge in [-0.1, -0.05) is 11.6 Å². The molecule has 1 N–H and O–H groups in total. The number of alkyl halides is 3. The molecule has 138 valence electrons. The van der Waals surface area contributed by atoms with Gasteiger partial charge in [-0.25, -0.2) is 4.98 Å². The lowest BCUT2D eigenvalue weighted by molar-refractivity contribution is -0.137. The van der Waals surface area contributed by atoms with Crippen molar-refractivity contribution in [1.82, 2.24) is 15.2 Å². The van der Waals surface area contributed by atoms with E-state index in [4.69, 9.17) is 11.6 Å². The van der Waals surface area contributed by atoms with Crippen LogP contribution in [0.15, 0.2) is 12.3 Å². The number of nitrogens with one attached hydrogen (secondary N) is 1. The average Bonchev–Trinajstić information content (AvgIpc) is 3.37. The fraction of sp³-hybridized carbons (Fsp3) is 0.625. The highest BCUT2D eigenvalue weighted by molar-refractivity contribution is 6.33. The summed E-state index contributed by atoms with van der Waals surface area (Å²) in [7, 11) is 0. The number of halogens is 4. The Balaban J connectivity index is 1.50. The highest BCUT2D eigenvalue weighted by Gasteiger charge is 2.32. The van der Waals surface area contributed by atoms with Crippen LogP contribution in [-0.4, -0.2) is 55.1 Å². The number of carbonyl (C=O) groups is 1. The standard InChI is InChI=1S/C16H20ClF3N4O/c17-13-7-12(16(18,19)20)9-22-15(13)24-5-3-23(4-6-24)10-14(25)21-8-11-1-2-11/h7,9,11H,1-6,8,10H2,(H,21,25). The number of piperazine rings is 1. The highest BCUT2D eigenvalue weighted by atomic mass is 35.5. The van der Waals surface area contributed by atoms with E-state index in [1.807, 2.05) is 9.80 Å². The molecular formula is C16H20ClF3N4O. The van der Waals surface area contributed by atoms with Gasteiger partial charge in [0.2, 0.25) is 5.91 Å². The molecule has 25 heavy (non-hydrogen) atoms. The Labute approximate surface area is 149 Å². The number of hydrogen-bond donors (Lipinski definition) is 1. The van der Waals surface area contributed by atoms with E-state index in [9.17, 15) is 18.0 Å². The molecule has 1 saturated carbocycles. The van der Waals surface area contributed by atoms with Crippen molar-refractivity contribution in [1.29, 1.82) is 0 Å². The Kier molecular flexibility index (Phi) is 5.38. The van der Waals surface area contributed by atoms with Crippen molar-refractivity contribution in [2.75, 3.05) is 44.2 Å². The fourth-order valence-corrected chi connectivity index (χ4v) is 3.06. The molecule has 2 fully saturated rings. The lowest BCUT2D eigenvalue weighted by atomic mass is 10.2. The van der Waals surface area contributed by atoms with Crippen LogP contribution in [0.1, 0.15) is 18.4 Å². The van der Waals surface area contributed by atoms with Crippen LogP contribution in [0.3, 0.4) is 0 Å². The van der Waals surface area contributed by atoms with Gasteiger partial charge >= 0.3 is 6.18 Å². The number of anilines is 1. The SMILES string of the molecule is O=C(CN1CCN(c2ncc(C(F)(F)F)cc2Cl)CC1)NCC1CC1. The monoisotopic (exact) mass is 376 g/mol. The molecule has 1 amide bonds. The van der Waals surface area contributed by atoms with E-state index in [0.717, 1.165) is 18.8 Å². The third-order valence-electron chi connectivity index (χ3n) is 4.47. The van der Waals surface area contributed by atoms with Crippen LogP contribution in [0.2, 0.25) is 5.02 Å². The van der Waals surface area contributed by atoms with Gasteiger partial charge in [0.15, 0.2) is 0 Å². The number of carbonyl (C=O) groups excluding carboxylic acids is 1. The third kappa shape index (κ3) is 4.98. The number of pyridine rings is 1. The van der Waals surface area contributed by atoms with E-state index < -0.39 is 11.7 Å². The summed E-state index contributed by atoms with van der Waals surface area (Å²) in [6.45, 7) is 3.49. The summed E-state index contributed by atoms with van der Waals surface area (Å²) in [5.74, 6) is 1.02. The first-order valence-corrected chi connectivity index (χ1v) is 8.67. The Morgan fingerprint density at radius 2 is 1.96 bits per heavy atom. The van der Waals surface area contributed by atoms with Gasteiger partial charge in [0.25, 0.3) is 0 Å². The first-order chi connectivity index (χ1) is 11.8. The lowest BCUT2D eigenvalue weighted by Gasteiger charge is -2.35. The van der Waals surface area contributed by atoms with E-state index >= 15 is 0 Å². The summed E-state index contributed by atoms with van der Waals surface area (Å²) in [6, 6.07) is 0.904. The summed E-state index contributed by atoms with van der Waals surface area (Å²) in [4.78, 5) is 19.6. The molecule has 2 heterocycles. The molecule has 0 aromatic carbocycles. The van der Waals surface area contributed by atoms with Crippen molar-refractivity contribution < 1.29 is 18.0 Å². The van der Waals surface area contributed by atoms with E-state index in [1.165, 1.54) is 12.8 Å². The topological polar surface area (TPSA) is 48.5 Å². The predicted octanol–water partition coefficient (Wildman–Crippen LogP) is 2.40. The zero-order valence-corrected chi connectivity index (χ0v) is 14.4. The van der Waals surface area contributed by atoms with Crippen molar-refractivity contribution in [3.63, 3.8) is 0 Å². The summed E-state index contributed by atoms with van der Waals surface area (Å²) >= 11 is 5.98. The highest BCUT2D eigenvalue weighted by Crippen LogP contribution is 2.33. The number of hydrogen-bond acceptors (Lipinski definition) is 4. The van der Waals surface area contributed by atoms with E-state index in [1.54, 1.807) is 0 Å². The minimum Gasteiger partial charge on any atom is -0.355 e. The molecule has 5 nitrogen and oxygen atoms in total. The number of amides is 1. The first-order valence-electron chi connectivity index (χ1n) is 8.29. The molecule has 0 radical (unpaired) electrons. The maximum absolute atomic E-state index is 12.7. The molecule has 0 spiro atoms. The summed E-state index contributed by atoms with van der Waals surface area (Å²) in [5.41, 5.74) is -0.854. The van der Waals surface area contributed by atoms with Gasteiger partial charge in [0.05, 0.1) is 17.1 Å². The molecule has 0 atom stereocenters. The quantitative estimate of drug-likeness (QED) is 0.857. The van der Waals surface area contributed by atoms with Crippen molar-refractivity contribution in [3.8, 4) is 0 Å².